The number of hydrogen-bond donors (Lipinski definition) is 6. The van der Waals surface area contributed by atoms with Crippen LogP contribution in [-0.4, -0.2) is 113 Å². The van der Waals surface area contributed by atoms with Gasteiger partial charge in [0.2, 0.25) is 0 Å². The van der Waals surface area contributed by atoms with E-state index >= 15 is 0 Å². The summed E-state index contributed by atoms with van der Waals surface area (Å²) in [5.74, 6) is 3.01. The Hall–Kier alpha value is -7.97. The molecule has 0 aromatic carbocycles. The zero-order valence-electron chi connectivity index (χ0n) is 39.7. The van der Waals surface area contributed by atoms with Gasteiger partial charge in [0, 0.05) is 75.7 Å². The standard InChI is InChI=1S/C12H14N4O2.C12H13N3O3.C12H13N3O2S.C11H13N5O2/c1-13-10-11-9(15-7-18-11)3-5-16(12(10)17)8-2-4-14-6-8;1-13-10-11-9(14-7-18-11)2-4-15(12(10)16)8-3-5-17-6-8;1-13-10-11-9(14-7-17-11)2-4-15(12(10)16)8-3-5-18-6-8;1-12-9-10-7(15-6-18-10)2-3-16(11(9)17)8-4-13-5-14-8/h2,4,6-7,10,13-14H,3,5H2,1H3;2*3,5-7,10,13H,2,4H2,1H3;4-6,9,12H,2-3H2,1H3,(H,13,14). The smallest absolute Gasteiger partial charge is 0.253 e. The highest BCUT2D eigenvalue weighted by atomic mass is 32.1. The van der Waals surface area contributed by atoms with E-state index in [0.29, 0.717) is 80.7 Å². The molecule has 25 heteroatoms. The summed E-state index contributed by atoms with van der Waals surface area (Å²) in [4.78, 5) is 83.3. The molecule has 4 amide bonds. The highest BCUT2D eigenvalue weighted by Gasteiger charge is 2.37. The number of likely N-dealkylation sites (N-methyl/N-ethyl adjacent to an activating group) is 4. The maximum atomic E-state index is 12.5. The monoisotopic (exact) mass is 1000 g/mol. The first-order valence-corrected chi connectivity index (χ1v) is 24.0. The number of thiophene rings is 1. The summed E-state index contributed by atoms with van der Waals surface area (Å²) >= 11 is 1.58. The molecule has 376 valence electrons. The van der Waals surface area contributed by atoms with Gasteiger partial charge in [0.25, 0.3) is 23.6 Å². The molecule has 24 nitrogen and oxygen atoms in total. The summed E-state index contributed by atoms with van der Waals surface area (Å²) < 4.78 is 26.4. The Morgan fingerprint density at radius 2 is 1.01 bits per heavy atom. The predicted octanol–water partition coefficient (Wildman–Crippen LogP) is 3.80. The van der Waals surface area contributed by atoms with Crippen molar-refractivity contribution in [2.45, 2.75) is 49.9 Å². The minimum Gasteiger partial charge on any atom is -0.470 e. The maximum Gasteiger partial charge on any atom is 0.253 e. The molecule has 72 heavy (non-hydrogen) atoms. The van der Waals surface area contributed by atoms with Crippen molar-refractivity contribution >= 4 is 57.8 Å². The van der Waals surface area contributed by atoms with E-state index in [2.05, 4.69) is 56.2 Å². The molecule has 12 rings (SSSR count). The number of furan rings is 1. The Bertz CT molecular complexity index is 2590. The number of nitrogens with zero attached hydrogens (tertiary/aromatic N) is 9. The molecule has 8 aromatic rings. The number of aromatic amines is 2. The Balaban J connectivity index is 0.000000119. The fourth-order valence-electron chi connectivity index (χ4n) is 8.91. The minimum absolute atomic E-state index is 0.00593. The number of oxazole rings is 4. The van der Waals surface area contributed by atoms with E-state index in [1.54, 1.807) is 96.4 Å². The van der Waals surface area contributed by atoms with Crippen molar-refractivity contribution in [3.05, 3.63) is 138 Å². The lowest BCUT2D eigenvalue weighted by Crippen LogP contribution is -2.39. The first kappa shape index (κ1) is 49.0. The van der Waals surface area contributed by atoms with Gasteiger partial charge in [-0.2, -0.15) is 11.3 Å². The van der Waals surface area contributed by atoms with Crippen molar-refractivity contribution in [2.24, 2.45) is 0 Å². The van der Waals surface area contributed by atoms with E-state index in [1.165, 1.54) is 25.6 Å². The molecule has 4 unspecified atom stereocenters. The quantitative estimate of drug-likeness (QED) is 0.126. The maximum absolute atomic E-state index is 12.5. The normalized spacial score (nSPS) is 19.7. The van der Waals surface area contributed by atoms with Crippen molar-refractivity contribution in [1.82, 2.24) is 56.2 Å². The molecule has 8 aromatic heterocycles. The first-order chi connectivity index (χ1) is 35.2. The van der Waals surface area contributed by atoms with Gasteiger partial charge < -0.3 is 68.0 Å². The van der Waals surface area contributed by atoms with Crippen molar-refractivity contribution in [2.75, 3.05) is 74.0 Å². The van der Waals surface area contributed by atoms with Gasteiger partial charge in [-0.15, -0.1) is 0 Å². The van der Waals surface area contributed by atoms with Gasteiger partial charge in [0.15, 0.2) is 48.6 Å². The average Bonchev–Trinajstić information content (AvgIpc) is 4.25. The minimum atomic E-state index is -0.506. The SMILES string of the molecule is CNC1C(=O)N(c2cc[nH]c2)CCc2ncoc21.CNC1C(=O)N(c2ccoc2)CCc2ncoc21.CNC1C(=O)N(c2ccsc2)CCc2ncoc21.CNC1C(=O)N(c2cnc[nH]2)CCc2ncoc21. The number of hydrogen-bond acceptors (Lipinski definition) is 19. The molecule has 0 bridgehead atoms. The number of H-pyrrole nitrogens is 2. The lowest BCUT2D eigenvalue weighted by atomic mass is 10.1. The zero-order chi connectivity index (χ0) is 50.1. The second kappa shape index (κ2) is 22.4. The van der Waals surface area contributed by atoms with Gasteiger partial charge in [-0.3, -0.25) is 24.1 Å². The number of amides is 4. The van der Waals surface area contributed by atoms with Crippen LogP contribution in [0, 0.1) is 0 Å². The summed E-state index contributed by atoms with van der Waals surface area (Å²) in [6.07, 6.45) is 18.2. The third-order valence-electron chi connectivity index (χ3n) is 12.5. The molecule has 4 aliphatic rings. The third kappa shape index (κ3) is 10.00. The number of carbonyl (C=O) groups is 4. The van der Waals surface area contributed by atoms with Crippen molar-refractivity contribution < 1.29 is 41.3 Å². The molecule has 0 radical (unpaired) electrons. The number of carbonyl (C=O) groups excluding carboxylic acids is 4. The van der Waals surface area contributed by atoms with Crippen LogP contribution in [0.15, 0.2) is 114 Å². The van der Waals surface area contributed by atoms with E-state index in [9.17, 15) is 19.2 Å². The van der Waals surface area contributed by atoms with E-state index in [1.807, 2.05) is 29.1 Å². The van der Waals surface area contributed by atoms with Crippen LogP contribution in [0.3, 0.4) is 0 Å². The van der Waals surface area contributed by atoms with Crippen LogP contribution in [-0.2, 0) is 44.9 Å². The second-order valence-electron chi connectivity index (χ2n) is 16.5. The lowest BCUT2D eigenvalue weighted by Gasteiger charge is -2.22. The molecule has 4 aliphatic heterocycles. The fourth-order valence-corrected chi connectivity index (χ4v) is 9.56. The zero-order valence-corrected chi connectivity index (χ0v) is 40.6. The molecule has 4 atom stereocenters. The molecular weight excluding hydrogens is 951 g/mol. The largest absolute Gasteiger partial charge is 0.470 e. The van der Waals surface area contributed by atoms with Gasteiger partial charge in [0.1, 0.15) is 36.2 Å². The summed E-state index contributed by atoms with van der Waals surface area (Å²) in [6, 6.07) is 3.67. The average molecular weight is 1000 g/mol. The van der Waals surface area contributed by atoms with Crippen LogP contribution >= 0.6 is 11.3 Å². The third-order valence-corrected chi connectivity index (χ3v) is 13.2. The molecule has 6 N–H and O–H groups in total. The van der Waals surface area contributed by atoms with Crippen molar-refractivity contribution in [3.8, 4) is 0 Å². The number of anilines is 4. The lowest BCUT2D eigenvalue weighted by molar-refractivity contribution is -0.121. The summed E-state index contributed by atoms with van der Waals surface area (Å²) in [5, 5.41) is 15.9. The highest BCUT2D eigenvalue weighted by Crippen LogP contribution is 2.31. The Kier molecular flexibility index (Phi) is 15.3. The van der Waals surface area contributed by atoms with E-state index in [-0.39, 0.29) is 23.6 Å². The number of fused-ring (bicyclic) bond motifs is 4. The van der Waals surface area contributed by atoms with Gasteiger partial charge in [-0.05, 0) is 45.7 Å². The molecule has 12 heterocycles. The fraction of sp³-hybridized carbons (Fsp3) is 0.340. The molecule has 0 spiro atoms. The number of nitrogens with one attached hydrogen (secondary N) is 6. The van der Waals surface area contributed by atoms with E-state index in [0.717, 1.165) is 39.8 Å². The van der Waals surface area contributed by atoms with Crippen LogP contribution < -0.4 is 40.9 Å². The Morgan fingerprint density at radius 1 is 0.569 bits per heavy atom. The van der Waals surface area contributed by atoms with Crippen LogP contribution in [0.25, 0.3) is 0 Å². The van der Waals surface area contributed by atoms with Crippen molar-refractivity contribution in [1.29, 1.82) is 0 Å². The van der Waals surface area contributed by atoms with Gasteiger partial charge >= 0.3 is 0 Å². The van der Waals surface area contributed by atoms with Crippen LogP contribution in [0.1, 0.15) is 70.0 Å². The molecule has 0 fully saturated rings. The molecule has 0 saturated heterocycles. The van der Waals surface area contributed by atoms with E-state index in [4.69, 9.17) is 22.1 Å². The predicted molar refractivity (Wildman–Crippen MR) is 260 cm³/mol. The topological polar surface area (TPSA) is 291 Å². The van der Waals surface area contributed by atoms with Gasteiger partial charge in [-0.1, -0.05) is 0 Å². The highest BCUT2D eigenvalue weighted by molar-refractivity contribution is 7.08. The molecule has 0 aliphatic carbocycles. The van der Waals surface area contributed by atoms with Gasteiger partial charge in [-0.25, -0.2) is 24.9 Å². The first-order valence-electron chi connectivity index (χ1n) is 23.0. The van der Waals surface area contributed by atoms with Crippen LogP contribution in [0.2, 0.25) is 0 Å². The number of aromatic nitrogens is 7. The van der Waals surface area contributed by atoms with Gasteiger partial charge in [0.05, 0.1) is 58.6 Å². The summed E-state index contributed by atoms with van der Waals surface area (Å²) in [7, 11) is 6.96. The van der Waals surface area contributed by atoms with Crippen LogP contribution in [0.5, 0.6) is 0 Å². The molecular formula is C47H53N15O9S. The number of imidazole rings is 1. The van der Waals surface area contributed by atoms with E-state index < -0.39 is 24.2 Å². The Labute approximate surface area is 415 Å². The van der Waals surface area contributed by atoms with Crippen LogP contribution in [0.4, 0.5) is 22.9 Å². The summed E-state index contributed by atoms with van der Waals surface area (Å²) in [5.41, 5.74) is 5.92. The summed E-state index contributed by atoms with van der Waals surface area (Å²) in [6.45, 7) is 2.36. The number of rotatable bonds is 8. The molecule has 0 saturated carbocycles. The Morgan fingerprint density at radius 3 is 1.39 bits per heavy atom. The second-order valence-corrected chi connectivity index (χ2v) is 17.2. The van der Waals surface area contributed by atoms with Crippen molar-refractivity contribution in [3.63, 3.8) is 0 Å².